The van der Waals surface area contributed by atoms with E-state index >= 15 is 0 Å². The van der Waals surface area contributed by atoms with E-state index in [0.29, 0.717) is 17.8 Å². The number of carbonyl (C=O) groups excluding carboxylic acids is 1. The highest BCUT2D eigenvalue weighted by Gasteiger charge is 2.15. The largest absolute Gasteiger partial charge is 0.399 e. The predicted octanol–water partition coefficient (Wildman–Crippen LogP) is 2.88. The van der Waals surface area contributed by atoms with E-state index in [1.807, 2.05) is 18.2 Å². The minimum absolute atomic E-state index is 0. The summed E-state index contributed by atoms with van der Waals surface area (Å²) in [7, 11) is 0. The molecule has 1 amide bonds. The molecule has 1 aliphatic rings. The number of nitrogen functional groups attached to an aromatic ring is 1. The Kier molecular flexibility index (Phi) is 8.55. The van der Waals surface area contributed by atoms with Gasteiger partial charge < -0.3 is 20.7 Å². The maximum atomic E-state index is 12.3. The van der Waals surface area contributed by atoms with Crippen LogP contribution in [0, 0.1) is 0 Å². The van der Waals surface area contributed by atoms with Crippen LogP contribution in [0.5, 0.6) is 0 Å². The average molecular weight is 384 g/mol. The van der Waals surface area contributed by atoms with E-state index in [1.165, 1.54) is 0 Å². The third-order valence-electron chi connectivity index (χ3n) is 3.93. The van der Waals surface area contributed by atoms with Crippen LogP contribution in [0.4, 0.5) is 11.4 Å². The molecule has 7 heteroatoms. The van der Waals surface area contributed by atoms with Crippen molar-refractivity contribution in [1.29, 1.82) is 0 Å². The molecule has 0 unspecified atom stereocenters. The van der Waals surface area contributed by atoms with Crippen LogP contribution in [0.2, 0.25) is 0 Å². The van der Waals surface area contributed by atoms with Crippen LogP contribution in [-0.2, 0) is 11.3 Å². The molecule has 0 aromatic heterocycles. The maximum absolute atomic E-state index is 12.3. The molecule has 1 heterocycles. The Hall–Kier alpha value is -1.95. The zero-order chi connectivity index (χ0) is 16.1. The summed E-state index contributed by atoms with van der Waals surface area (Å²) in [5, 5.41) is 2.97. The molecule has 3 rings (SSSR count). The van der Waals surface area contributed by atoms with Gasteiger partial charge in [0, 0.05) is 36.6 Å². The number of morpholine rings is 1. The molecule has 0 saturated carbocycles. The highest BCUT2D eigenvalue weighted by atomic mass is 35.5. The Balaban J connectivity index is 0.00000156. The second kappa shape index (κ2) is 10.1. The maximum Gasteiger partial charge on any atom is 0.251 e. The van der Waals surface area contributed by atoms with Crippen LogP contribution < -0.4 is 16.0 Å². The summed E-state index contributed by atoms with van der Waals surface area (Å²) in [5.74, 6) is -0.117. The Morgan fingerprint density at radius 3 is 2.52 bits per heavy atom. The van der Waals surface area contributed by atoms with Gasteiger partial charge in [0.15, 0.2) is 0 Å². The lowest BCUT2D eigenvalue weighted by molar-refractivity contribution is 0.0950. The van der Waals surface area contributed by atoms with E-state index in [1.54, 1.807) is 24.3 Å². The van der Waals surface area contributed by atoms with Crippen molar-refractivity contribution < 1.29 is 9.53 Å². The first kappa shape index (κ1) is 21.1. The smallest absolute Gasteiger partial charge is 0.251 e. The van der Waals surface area contributed by atoms with Crippen molar-refractivity contribution in [3.8, 4) is 0 Å². The number of amides is 1. The van der Waals surface area contributed by atoms with Gasteiger partial charge in [0.2, 0.25) is 0 Å². The van der Waals surface area contributed by atoms with Gasteiger partial charge in [-0.25, -0.2) is 0 Å². The first-order valence-electron chi connectivity index (χ1n) is 7.78. The molecular formula is C18H23Cl2N3O2. The standard InChI is InChI=1S/C18H21N3O2.2ClH/c19-16-6-3-5-14(12-16)18(22)20-13-15-4-1-2-7-17(15)21-8-10-23-11-9-21;;/h1-7,12H,8-11,13,19H2,(H,20,22);2*1H. The van der Waals surface area contributed by atoms with Gasteiger partial charge in [0.05, 0.1) is 13.2 Å². The summed E-state index contributed by atoms with van der Waals surface area (Å²) in [6.07, 6.45) is 0. The number of benzene rings is 2. The average Bonchev–Trinajstić information content (AvgIpc) is 2.60. The number of hydrogen-bond acceptors (Lipinski definition) is 4. The minimum atomic E-state index is -0.117. The third kappa shape index (κ3) is 5.53. The van der Waals surface area contributed by atoms with Crippen LogP contribution in [0.25, 0.3) is 0 Å². The van der Waals surface area contributed by atoms with Crippen LogP contribution >= 0.6 is 24.8 Å². The first-order chi connectivity index (χ1) is 11.2. The normalized spacial score (nSPS) is 13.4. The van der Waals surface area contributed by atoms with E-state index in [-0.39, 0.29) is 30.7 Å². The molecule has 5 nitrogen and oxygen atoms in total. The van der Waals surface area contributed by atoms with Crippen molar-refractivity contribution in [2.45, 2.75) is 6.54 Å². The van der Waals surface area contributed by atoms with Crippen molar-refractivity contribution in [3.63, 3.8) is 0 Å². The van der Waals surface area contributed by atoms with Gasteiger partial charge in [-0.1, -0.05) is 24.3 Å². The molecule has 2 aromatic rings. The van der Waals surface area contributed by atoms with Crippen LogP contribution in [0.1, 0.15) is 15.9 Å². The highest BCUT2D eigenvalue weighted by molar-refractivity contribution is 5.95. The monoisotopic (exact) mass is 383 g/mol. The van der Waals surface area contributed by atoms with Crippen molar-refractivity contribution >= 4 is 42.1 Å². The molecule has 3 N–H and O–H groups in total. The van der Waals surface area contributed by atoms with Crippen LogP contribution in [0.15, 0.2) is 48.5 Å². The SMILES string of the molecule is Cl.Cl.Nc1cccc(C(=O)NCc2ccccc2N2CCOCC2)c1. The zero-order valence-electron chi connectivity index (χ0n) is 13.8. The predicted molar refractivity (Wildman–Crippen MR) is 106 cm³/mol. The number of anilines is 2. The summed E-state index contributed by atoms with van der Waals surface area (Å²) < 4.78 is 5.41. The van der Waals surface area contributed by atoms with E-state index in [2.05, 4.69) is 16.3 Å². The molecule has 136 valence electrons. The lowest BCUT2D eigenvalue weighted by atomic mass is 10.1. The summed E-state index contributed by atoms with van der Waals surface area (Å²) in [4.78, 5) is 14.6. The molecular weight excluding hydrogens is 361 g/mol. The Morgan fingerprint density at radius 2 is 1.80 bits per heavy atom. The molecule has 0 radical (unpaired) electrons. The second-order valence-corrected chi connectivity index (χ2v) is 5.54. The fourth-order valence-corrected chi connectivity index (χ4v) is 2.73. The molecule has 0 spiro atoms. The van der Waals surface area contributed by atoms with Crippen molar-refractivity contribution in [2.75, 3.05) is 36.9 Å². The van der Waals surface area contributed by atoms with Crippen molar-refractivity contribution in [3.05, 3.63) is 59.7 Å². The topological polar surface area (TPSA) is 67.6 Å². The summed E-state index contributed by atoms with van der Waals surface area (Å²) in [5.41, 5.74) is 9.15. The lowest BCUT2D eigenvalue weighted by Gasteiger charge is -2.30. The number of carbonyl (C=O) groups is 1. The van der Waals surface area contributed by atoms with Crippen molar-refractivity contribution in [1.82, 2.24) is 5.32 Å². The van der Waals surface area contributed by atoms with Gasteiger partial charge in [-0.05, 0) is 29.8 Å². The van der Waals surface area contributed by atoms with Gasteiger partial charge in [0.25, 0.3) is 5.91 Å². The third-order valence-corrected chi connectivity index (χ3v) is 3.93. The van der Waals surface area contributed by atoms with Gasteiger partial charge in [-0.2, -0.15) is 0 Å². The van der Waals surface area contributed by atoms with Gasteiger partial charge >= 0.3 is 0 Å². The summed E-state index contributed by atoms with van der Waals surface area (Å²) in [6.45, 7) is 3.72. The Bertz CT molecular complexity index is 692. The number of rotatable bonds is 4. The van der Waals surface area contributed by atoms with Gasteiger partial charge in [-0.15, -0.1) is 24.8 Å². The molecule has 25 heavy (non-hydrogen) atoms. The van der Waals surface area contributed by atoms with Gasteiger partial charge in [0.1, 0.15) is 0 Å². The van der Waals surface area contributed by atoms with Gasteiger partial charge in [-0.3, -0.25) is 4.79 Å². The molecule has 0 bridgehead atoms. The van der Waals surface area contributed by atoms with E-state index in [4.69, 9.17) is 10.5 Å². The van der Waals surface area contributed by atoms with E-state index in [9.17, 15) is 4.79 Å². The number of para-hydroxylation sites is 1. The number of hydrogen-bond donors (Lipinski definition) is 2. The fraction of sp³-hybridized carbons (Fsp3) is 0.278. The molecule has 1 aliphatic heterocycles. The summed E-state index contributed by atoms with van der Waals surface area (Å²) >= 11 is 0. The Morgan fingerprint density at radius 1 is 1.08 bits per heavy atom. The zero-order valence-corrected chi connectivity index (χ0v) is 15.4. The fourth-order valence-electron chi connectivity index (χ4n) is 2.73. The highest BCUT2D eigenvalue weighted by Crippen LogP contribution is 2.21. The molecule has 2 aromatic carbocycles. The Labute approximate surface area is 160 Å². The van der Waals surface area contributed by atoms with Crippen LogP contribution in [0.3, 0.4) is 0 Å². The minimum Gasteiger partial charge on any atom is -0.399 e. The van der Waals surface area contributed by atoms with Crippen LogP contribution in [-0.4, -0.2) is 32.2 Å². The number of nitrogens with one attached hydrogen (secondary N) is 1. The number of nitrogens with two attached hydrogens (primary N) is 1. The number of halogens is 2. The van der Waals surface area contributed by atoms with E-state index < -0.39 is 0 Å². The quantitative estimate of drug-likeness (QED) is 0.796. The van der Waals surface area contributed by atoms with Crippen molar-refractivity contribution in [2.24, 2.45) is 0 Å². The first-order valence-corrected chi connectivity index (χ1v) is 7.78. The lowest BCUT2D eigenvalue weighted by Crippen LogP contribution is -2.37. The van der Waals surface area contributed by atoms with E-state index in [0.717, 1.165) is 37.6 Å². The molecule has 1 fully saturated rings. The second-order valence-electron chi connectivity index (χ2n) is 5.54. The number of ether oxygens (including phenoxy) is 1. The molecule has 0 atom stereocenters. The molecule has 0 aliphatic carbocycles. The molecule has 1 saturated heterocycles. The summed E-state index contributed by atoms with van der Waals surface area (Å²) in [6, 6.07) is 15.1. The number of nitrogens with zero attached hydrogens (tertiary/aromatic N) is 1.